The van der Waals surface area contributed by atoms with Crippen molar-refractivity contribution in [2.45, 2.75) is 39.8 Å². The van der Waals surface area contributed by atoms with Gasteiger partial charge in [-0.05, 0) is 36.6 Å². The molecule has 186 valence electrons. The van der Waals surface area contributed by atoms with Crippen LogP contribution in [0.5, 0.6) is 5.75 Å². The van der Waals surface area contributed by atoms with E-state index in [9.17, 15) is 13.6 Å². The van der Waals surface area contributed by atoms with Gasteiger partial charge < -0.3 is 20.3 Å². The Morgan fingerprint density at radius 2 is 1.94 bits per heavy atom. The van der Waals surface area contributed by atoms with E-state index in [0.717, 1.165) is 23.6 Å². The number of nitrogens with zero attached hydrogens (tertiary/aromatic N) is 5. The van der Waals surface area contributed by atoms with Crippen LogP contribution in [0, 0.1) is 18.6 Å². The van der Waals surface area contributed by atoms with Crippen LogP contribution in [-0.2, 0) is 24.2 Å². The van der Waals surface area contributed by atoms with Crippen molar-refractivity contribution in [3.63, 3.8) is 0 Å². The summed E-state index contributed by atoms with van der Waals surface area (Å²) in [7, 11) is 1.23. The van der Waals surface area contributed by atoms with E-state index < -0.39 is 17.4 Å². The van der Waals surface area contributed by atoms with Crippen LogP contribution >= 0.6 is 0 Å². The van der Waals surface area contributed by atoms with Crippen LogP contribution in [0.2, 0.25) is 0 Å². The van der Waals surface area contributed by atoms with Crippen molar-refractivity contribution in [3.05, 3.63) is 58.8 Å². The molecular weight excluding hydrogens is 456 g/mol. The minimum Gasteiger partial charge on any atom is -0.491 e. The van der Waals surface area contributed by atoms with Crippen LogP contribution in [0.15, 0.2) is 24.5 Å². The predicted molar refractivity (Wildman–Crippen MR) is 128 cm³/mol. The van der Waals surface area contributed by atoms with Gasteiger partial charge in [-0.25, -0.2) is 18.7 Å². The van der Waals surface area contributed by atoms with Gasteiger partial charge in [0.1, 0.15) is 17.6 Å². The number of carbonyl (C=O) groups is 1. The summed E-state index contributed by atoms with van der Waals surface area (Å²) in [5.74, 6) is -0.454. The van der Waals surface area contributed by atoms with Crippen molar-refractivity contribution in [2.75, 3.05) is 37.0 Å². The average molecular weight is 486 g/mol. The fourth-order valence-electron chi connectivity index (χ4n) is 4.44. The fourth-order valence-corrected chi connectivity index (χ4v) is 4.44. The molecule has 3 aromatic rings. The molecule has 1 amide bonds. The highest BCUT2D eigenvalue weighted by Gasteiger charge is 2.36. The number of benzene rings is 1. The summed E-state index contributed by atoms with van der Waals surface area (Å²) in [5.41, 5.74) is 2.83. The first-order valence-corrected chi connectivity index (χ1v) is 11.1. The number of aromatic nitrogens is 4. The highest BCUT2D eigenvalue weighted by molar-refractivity contribution is 6.03. The summed E-state index contributed by atoms with van der Waals surface area (Å²) in [6.07, 6.45) is 4.82. The van der Waals surface area contributed by atoms with Gasteiger partial charge in [-0.1, -0.05) is 7.43 Å². The largest absolute Gasteiger partial charge is 0.491 e. The number of rotatable bonds is 6. The topological polar surface area (TPSA) is 97.2 Å². The third-order valence-electron chi connectivity index (χ3n) is 6.11. The molecule has 0 radical (unpaired) electrons. The number of hydrogen-bond acceptors (Lipinski definition) is 7. The van der Waals surface area contributed by atoms with Gasteiger partial charge in [0.25, 0.3) is 0 Å². The maximum absolute atomic E-state index is 14.0. The Morgan fingerprint density at radius 3 is 2.69 bits per heavy atom. The molecule has 2 aromatic heterocycles. The van der Waals surface area contributed by atoms with Crippen LogP contribution in [0.3, 0.4) is 0 Å². The van der Waals surface area contributed by atoms with E-state index in [0.29, 0.717) is 43.0 Å². The second kappa shape index (κ2) is 9.95. The minimum absolute atomic E-state index is 0. The minimum atomic E-state index is -0.743. The first-order valence-electron chi connectivity index (χ1n) is 11.1. The number of aryl methyl sites for hydroxylation is 3. The van der Waals surface area contributed by atoms with E-state index in [1.54, 1.807) is 10.9 Å². The van der Waals surface area contributed by atoms with Gasteiger partial charge in [0.15, 0.2) is 23.2 Å². The zero-order chi connectivity index (χ0) is 23.8. The molecule has 0 spiro atoms. The maximum atomic E-state index is 14.0. The molecule has 5 rings (SSSR count). The number of anilines is 2. The van der Waals surface area contributed by atoms with Crippen molar-refractivity contribution >= 4 is 17.4 Å². The van der Waals surface area contributed by atoms with Gasteiger partial charge in [0.2, 0.25) is 5.91 Å². The van der Waals surface area contributed by atoms with Crippen molar-refractivity contribution in [1.29, 1.82) is 0 Å². The van der Waals surface area contributed by atoms with E-state index >= 15 is 0 Å². The Bertz CT molecular complexity index is 1220. The number of nitrogens with one attached hydrogen (secondary N) is 2. The summed E-state index contributed by atoms with van der Waals surface area (Å²) in [5, 5.41) is 10.5. The van der Waals surface area contributed by atoms with Gasteiger partial charge in [-0.3, -0.25) is 9.48 Å². The molecule has 0 unspecified atom stereocenters. The molecule has 9 nitrogen and oxygen atoms in total. The Kier molecular flexibility index (Phi) is 6.97. The molecule has 0 bridgehead atoms. The second-order valence-corrected chi connectivity index (χ2v) is 8.47. The lowest BCUT2D eigenvalue weighted by molar-refractivity contribution is -0.117. The molecule has 1 atom stereocenters. The maximum Gasteiger partial charge on any atom is 0.248 e. The highest BCUT2D eigenvalue weighted by atomic mass is 19.1. The number of piperazine rings is 1. The lowest BCUT2D eigenvalue weighted by atomic mass is 10.1. The van der Waals surface area contributed by atoms with Crippen LogP contribution in [0.4, 0.5) is 20.3 Å². The summed E-state index contributed by atoms with van der Waals surface area (Å²) in [4.78, 5) is 23.8. The lowest BCUT2D eigenvalue weighted by Crippen LogP contribution is -2.59. The average Bonchev–Trinajstić information content (AvgIpc) is 3.26. The van der Waals surface area contributed by atoms with Crippen molar-refractivity contribution in [1.82, 2.24) is 25.1 Å². The molecule has 35 heavy (non-hydrogen) atoms. The monoisotopic (exact) mass is 485 g/mol. The van der Waals surface area contributed by atoms with E-state index in [2.05, 4.69) is 20.7 Å². The first-order chi connectivity index (χ1) is 16.4. The number of amides is 1. The Hall–Kier alpha value is -3.60. The van der Waals surface area contributed by atoms with E-state index in [1.807, 2.05) is 18.0 Å². The lowest BCUT2D eigenvalue weighted by Gasteiger charge is -2.40. The number of methoxy groups -OCH3 is 1. The quantitative estimate of drug-likeness (QED) is 0.554. The fraction of sp³-hybridized carbons (Fsp3) is 0.417. The van der Waals surface area contributed by atoms with E-state index in [-0.39, 0.29) is 25.9 Å². The van der Waals surface area contributed by atoms with E-state index in [1.165, 1.54) is 19.2 Å². The van der Waals surface area contributed by atoms with Crippen LogP contribution < -0.4 is 20.3 Å². The number of halogens is 2. The van der Waals surface area contributed by atoms with Crippen molar-refractivity contribution < 1.29 is 18.3 Å². The van der Waals surface area contributed by atoms with Crippen LogP contribution in [0.25, 0.3) is 0 Å². The molecule has 11 heteroatoms. The Labute approximate surface area is 202 Å². The molecule has 2 aliphatic rings. The molecule has 2 N–H and O–H groups in total. The second-order valence-electron chi connectivity index (χ2n) is 8.47. The van der Waals surface area contributed by atoms with Crippen LogP contribution in [0.1, 0.15) is 30.1 Å². The molecule has 0 aliphatic carbocycles. The number of hydrogen-bond donors (Lipinski definition) is 2. The third-order valence-corrected chi connectivity index (χ3v) is 6.11. The smallest absolute Gasteiger partial charge is 0.248 e. The third kappa shape index (κ3) is 4.81. The molecular formula is C24H29F2N7O2. The SMILES string of the molecule is C.COc1c(F)cc(Cn2cc(CCc3nc(C)c4c(n3)N3CCNC[C@H]3C(=O)N4)cn2)cc1F. The predicted octanol–water partition coefficient (Wildman–Crippen LogP) is 2.47. The molecule has 0 saturated carbocycles. The van der Waals surface area contributed by atoms with Crippen molar-refractivity contribution in [3.8, 4) is 5.75 Å². The number of ether oxygens (including phenoxy) is 1. The van der Waals surface area contributed by atoms with E-state index in [4.69, 9.17) is 9.72 Å². The van der Waals surface area contributed by atoms with Gasteiger partial charge in [0.05, 0.1) is 25.5 Å². The van der Waals surface area contributed by atoms with Crippen LogP contribution in [-0.4, -0.2) is 58.4 Å². The number of fused-ring (bicyclic) bond motifs is 3. The summed E-state index contributed by atoms with van der Waals surface area (Å²) >= 11 is 0. The standard InChI is InChI=1S/C23H25F2N7O2.CH4/c1-13-20-22(32-6-5-26-10-18(32)23(33)30-20)29-19(28-13)4-3-14-9-27-31(11-14)12-15-7-16(24)21(34-2)17(25)8-15;/h7-9,11,18,26H,3-6,10,12H2,1-2H3,(H,30,33);1H4/t18-;/m0./s1. The number of carbonyl (C=O) groups excluding carboxylic acids is 1. The summed E-state index contributed by atoms with van der Waals surface area (Å²) in [6, 6.07) is 2.22. The first kappa shape index (κ1) is 24.5. The zero-order valence-corrected chi connectivity index (χ0v) is 18.9. The molecule has 2 aliphatic heterocycles. The van der Waals surface area contributed by atoms with Gasteiger partial charge in [-0.2, -0.15) is 5.10 Å². The summed E-state index contributed by atoms with van der Waals surface area (Å²) < 4.78 is 34.3. The molecule has 1 fully saturated rings. The summed E-state index contributed by atoms with van der Waals surface area (Å²) in [6.45, 7) is 4.20. The van der Waals surface area contributed by atoms with Gasteiger partial charge in [-0.15, -0.1) is 0 Å². The Morgan fingerprint density at radius 1 is 1.17 bits per heavy atom. The van der Waals surface area contributed by atoms with Gasteiger partial charge >= 0.3 is 0 Å². The molecule has 1 saturated heterocycles. The van der Waals surface area contributed by atoms with Crippen molar-refractivity contribution in [2.24, 2.45) is 0 Å². The molecule has 4 heterocycles. The molecule has 1 aromatic carbocycles. The Balaban J connectivity index is 0.00000289. The zero-order valence-electron chi connectivity index (χ0n) is 18.9. The normalized spacial score (nSPS) is 16.7. The highest BCUT2D eigenvalue weighted by Crippen LogP contribution is 2.33. The van der Waals surface area contributed by atoms with Gasteiger partial charge in [0, 0.05) is 32.3 Å².